The molecule has 1 saturated heterocycles. The molecule has 7 heteroatoms. The van der Waals surface area contributed by atoms with Crippen LogP contribution in [0.2, 0.25) is 0 Å². The number of likely N-dealkylation sites (tertiary alicyclic amines) is 1. The molecule has 2 aromatic rings. The van der Waals surface area contributed by atoms with Gasteiger partial charge >= 0.3 is 0 Å². The summed E-state index contributed by atoms with van der Waals surface area (Å²) in [5, 5.41) is 7.28. The van der Waals surface area contributed by atoms with Gasteiger partial charge in [0.05, 0.1) is 15.3 Å². The number of nitrogens with zero attached hydrogens (tertiary/aromatic N) is 3. The Labute approximate surface area is 166 Å². The first-order valence-corrected chi connectivity index (χ1v) is 9.61. The van der Waals surface area contributed by atoms with Crippen molar-refractivity contribution in [3.05, 3.63) is 57.9 Å². The summed E-state index contributed by atoms with van der Waals surface area (Å²) < 4.78 is 2.86. The van der Waals surface area contributed by atoms with Gasteiger partial charge in [-0.15, -0.1) is 0 Å². The summed E-state index contributed by atoms with van der Waals surface area (Å²) in [6, 6.07) is 7.00. The van der Waals surface area contributed by atoms with E-state index in [4.69, 9.17) is 0 Å². The van der Waals surface area contributed by atoms with Crippen molar-refractivity contribution in [2.75, 3.05) is 11.9 Å². The lowest BCUT2D eigenvalue weighted by Gasteiger charge is -2.35. The van der Waals surface area contributed by atoms with Crippen LogP contribution < -0.4 is 5.32 Å². The molecule has 2 heterocycles. The number of hydrogen-bond acceptors (Lipinski definition) is 3. The van der Waals surface area contributed by atoms with E-state index in [0.29, 0.717) is 17.8 Å². The van der Waals surface area contributed by atoms with Crippen LogP contribution in [0.3, 0.4) is 0 Å². The van der Waals surface area contributed by atoms with E-state index in [1.807, 2.05) is 18.1 Å². The molecule has 1 fully saturated rings. The molecule has 6 nitrogen and oxygen atoms in total. The lowest BCUT2D eigenvalue weighted by atomic mass is 9.98. The molecule has 1 unspecified atom stereocenters. The quantitative estimate of drug-likeness (QED) is 0.557. The van der Waals surface area contributed by atoms with Crippen LogP contribution in [0, 0.1) is 3.57 Å². The van der Waals surface area contributed by atoms with Gasteiger partial charge in [0, 0.05) is 31.0 Å². The maximum Gasteiger partial charge on any atom is 0.254 e. The Morgan fingerprint density at radius 2 is 2.19 bits per heavy atom. The summed E-state index contributed by atoms with van der Waals surface area (Å²) in [7, 11) is 1.90. The van der Waals surface area contributed by atoms with Crippen LogP contribution in [-0.2, 0) is 11.8 Å². The Balaban J connectivity index is 1.87. The van der Waals surface area contributed by atoms with Gasteiger partial charge in [-0.25, -0.2) is 0 Å². The van der Waals surface area contributed by atoms with Gasteiger partial charge in [0.1, 0.15) is 0 Å². The topological polar surface area (TPSA) is 67.2 Å². The first-order chi connectivity index (χ1) is 12.5. The minimum Gasteiger partial charge on any atom is -0.330 e. The van der Waals surface area contributed by atoms with E-state index >= 15 is 0 Å². The third-order valence-electron chi connectivity index (χ3n) is 4.45. The molecule has 1 aromatic heterocycles. The fourth-order valence-electron chi connectivity index (χ4n) is 3.25. The highest BCUT2D eigenvalue weighted by Gasteiger charge is 2.31. The van der Waals surface area contributed by atoms with Crippen LogP contribution in [0.25, 0.3) is 0 Å². The number of hydrogen-bond donors (Lipinski definition) is 1. The molecule has 1 atom stereocenters. The number of benzene rings is 1. The van der Waals surface area contributed by atoms with Crippen LogP contribution in [0.4, 0.5) is 5.69 Å². The highest BCUT2D eigenvalue weighted by molar-refractivity contribution is 14.1. The van der Waals surface area contributed by atoms with E-state index in [1.54, 1.807) is 28.9 Å². The molecule has 0 spiro atoms. The summed E-state index contributed by atoms with van der Waals surface area (Å²) in [6.07, 6.45) is 6.15. The summed E-state index contributed by atoms with van der Waals surface area (Å²) >= 11 is 2.28. The van der Waals surface area contributed by atoms with E-state index in [9.17, 15) is 9.59 Å². The third kappa shape index (κ3) is 3.98. The number of aromatic nitrogens is 2. The zero-order valence-electron chi connectivity index (χ0n) is 14.6. The second kappa shape index (κ2) is 8.03. The fraction of sp³-hybridized carbons (Fsp3) is 0.316. The van der Waals surface area contributed by atoms with Crippen molar-refractivity contribution in [1.29, 1.82) is 0 Å². The standard InChI is InChI=1S/C19H21IN4O2/c1-3-17(25)21-14-8-6-7-13(11-14)19(26)24-10-5-4-9-16(24)18-15(20)12-23(2)22-18/h3,6-8,11-12,16H,1,4-5,9-10H2,2H3,(H,21,25). The smallest absolute Gasteiger partial charge is 0.254 e. The van der Waals surface area contributed by atoms with E-state index in [2.05, 4.69) is 39.6 Å². The minimum atomic E-state index is -0.298. The molecule has 26 heavy (non-hydrogen) atoms. The van der Waals surface area contributed by atoms with Crippen molar-refractivity contribution in [3.63, 3.8) is 0 Å². The number of carbonyl (C=O) groups excluding carboxylic acids is 2. The molecule has 0 saturated carbocycles. The predicted molar refractivity (Wildman–Crippen MR) is 109 cm³/mol. The Kier molecular flexibility index (Phi) is 5.75. The molecule has 1 aliphatic heterocycles. The first-order valence-electron chi connectivity index (χ1n) is 8.53. The normalized spacial score (nSPS) is 17.0. The number of carbonyl (C=O) groups is 2. The molecule has 1 aliphatic rings. The molecule has 3 rings (SSSR count). The molecule has 0 bridgehead atoms. The number of piperidine rings is 1. The average molecular weight is 464 g/mol. The molecule has 0 radical (unpaired) electrons. The zero-order valence-corrected chi connectivity index (χ0v) is 16.8. The molecule has 1 aromatic carbocycles. The predicted octanol–water partition coefficient (Wildman–Crippen LogP) is 3.52. The van der Waals surface area contributed by atoms with Gasteiger partial charge in [0.15, 0.2) is 0 Å². The molecule has 1 N–H and O–H groups in total. The van der Waals surface area contributed by atoms with Crippen LogP contribution >= 0.6 is 22.6 Å². The van der Waals surface area contributed by atoms with Gasteiger partial charge in [-0.05, 0) is 66.1 Å². The van der Waals surface area contributed by atoms with Gasteiger partial charge in [-0.2, -0.15) is 5.10 Å². The number of anilines is 1. The van der Waals surface area contributed by atoms with Crippen LogP contribution in [0.15, 0.2) is 43.1 Å². The Bertz CT molecular complexity index is 846. The van der Waals surface area contributed by atoms with Crippen LogP contribution in [-0.4, -0.2) is 33.0 Å². The molecule has 2 amide bonds. The van der Waals surface area contributed by atoms with Crippen molar-refractivity contribution in [2.24, 2.45) is 7.05 Å². The zero-order chi connectivity index (χ0) is 18.7. The van der Waals surface area contributed by atoms with E-state index in [0.717, 1.165) is 28.5 Å². The fourth-order valence-corrected chi connectivity index (χ4v) is 4.12. The third-order valence-corrected chi connectivity index (χ3v) is 5.28. The van der Waals surface area contributed by atoms with Gasteiger partial charge in [0.25, 0.3) is 5.91 Å². The second-order valence-corrected chi connectivity index (χ2v) is 7.48. The summed E-state index contributed by atoms with van der Waals surface area (Å²) in [5.74, 6) is -0.334. The highest BCUT2D eigenvalue weighted by Crippen LogP contribution is 2.33. The van der Waals surface area contributed by atoms with Crippen molar-refractivity contribution >= 4 is 40.1 Å². The minimum absolute atomic E-state index is 0.0178. The summed E-state index contributed by atoms with van der Waals surface area (Å²) in [6.45, 7) is 4.15. The average Bonchev–Trinajstić information content (AvgIpc) is 2.99. The number of amides is 2. The van der Waals surface area contributed by atoms with Crippen LogP contribution in [0.1, 0.15) is 41.4 Å². The van der Waals surface area contributed by atoms with E-state index < -0.39 is 0 Å². The Hall–Kier alpha value is -2.16. The SMILES string of the molecule is C=CC(=O)Nc1cccc(C(=O)N2CCCCC2c2nn(C)cc2I)c1. The highest BCUT2D eigenvalue weighted by atomic mass is 127. The number of rotatable bonds is 4. The van der Waals surface area contributed by atoms with Gasteiger partial charge in [-0.1, -0.05) is 12.6 Å². The lowest BCUT2D eigenvalue weighted by molar-refractivity contribution is -0.111. The molecule has 0 aliphatic carbocycles. The van der Waals surface area contributed by atoms with Crippen molar-refractivity contribution in [2.45, 2.75) is 25.3 Å². The second-order valence-electron chi connectivity index (χ2n) is 6.32. The van der Waals surface area contributed by atoms with Crippen molar-refractivity contribution < 1.29 is 9.59 Å². The van der Waals surface area contributed by atoms with Gasteiger partial charge in [0.2, 0.25) is 5.91 Å². The number of nitrogens with one attached hydrogen (secondary N) is 1. The maximum atomic E-state index is 13.2. The Morgan fingerprint density at radius 3 is 2.88 bits per heavy atom. The Morgan fingerprint density at radius 1 is 1.38 bits per heavy atom. The van der Waals surface area contributed by atoms with Crippen LogP contribution in [0.5, 0.6) is 0 Å². The monoisotopic (exact) mass is 464 g/mol. The molecular formula is C19H21IN4O2. The first kappa shape index (κ1) is 18.6. The molecule has 136 valence electrons. The van der Waals surface area contributed by atoms with Crippen molar-refractivity contribution in [1.82, 2.24) is 14.7 Å². The van der Waals surface area contributed by atoms with E-state index in [1.165, 1.54) is 6.08 Å². The lowest BCUT2D eigenvalue weighted by Crippen LogP contribution is -2.39. The van der Waals surface area contributed by atoms with Gasteiger partial charge in [-0.3, -0.25) is 14.3 Å². The summed E-state index contributed by atoms with van der Waals surface area (Å²) in [4.78, 5) is 26.6. The largest absolute Gasteiger partial charge is 0.330 e. The van der Waals surface area contributed by atoms with E-state index in [-0.39, 0.29) is 17.9 Å². The number of halogens is 1. The van der Waals surface area contributed by atoms with Gasteiger partial charge < -0.3 is 10.2 Å². The molecular weight excluding hydrogens is 443 g/mol. The number of aryl methyl sites for hydroxylation is 1. The van der Waals surface area contributed by atoms with Crippen molar-refractivity contribution in [3.8, 4) is 0 Å². The maximum absolute atomic E-state index is 13.2. The summed E-state index contributed by atoms with van der Waals surface area (Å²) in [5.41, 5.74) is 2.10.